The number of benzene rings is 2. The Morgan fingerprint density at radius 2 is 1.38 bits per heavy atom. The Hall–Kier alpha value is -2.62. The molecule has 2 aromatic rings. The fourth-order valence-electron chi connectivity index (χ4n) is 2.91. The first-order valence-corrected chi connectivity index (χ1v) is 8.93. The lowest BCUT2D eigenvalue weighted by Crippen LogP contribution is -2.51. The third-order valence-corrected chi connectivity index (χ3v) is 4.60. The molecule has 4 heteroatoms. The van der Waals surface area contributed by atoms with E-state index in [1.54, 1.807) is 30.7 Å². The zero-order valence-corrected chi connectivity index (χ0v) is 16.3. The average Bonchev–Trinajstić information content (AvgIpc) is 2.65. The van der Waals surface area contributed by atoms with Gasteiger partial charge in [0.1, 0.15) is 5.41 Å². The molecular weight excluding hydrogens is 324 g/mol. The lowest BCUT2D eigenvalue weighted by molar-refractivity contribution is -0.149. The summed E-state index contributed by atoms with van der Waals surface area (Å²) in [6.45, 7) is 7.85. The molecule has 0 unspecified atom stereocenters. The average molecular weight is 352 g/mol. The Morgan fingerprint density at radius 1 is 0.885 bits per heavy atom. The van der Waals surface area contributed by atoms with Crippen molar-refractivity contribution in [3.8, 4) is 0 Å². The predicted molar refractivity (Wildman–Crippen MR) is 106 cm³/mol. The maximum absolute atomic E-state index is 13.3. The quantitative estimate of drug-likeness (QED) is 0.734. The van der Waals surface area contributed by atoms with Crippen LogP contribution in [0.2, 0.25) is 0 Å². The van der Waals surface area contributed by atoms with Gasteiger partial charge in [0.05, 0.1) is 0 Å². The number of carbonyl (C=O) groups is 2. The van der Waals surface area contributed by atoms with E-state index in [0.717, 1.165) is 11.3 Å². The number of para-hydroxylation sites is 1. The Balaban J connectivity index is 2.24. The second kappa shape index (κ2) is 8.17. The monoisotopic (exact) mass is 352 g/mol. The number of hydrogen-bond donors (Lipinski definition) is 0. The van der Waals surface area contributed by atoms with Gasteiger partial charge in [-0.3, -0.25) is 9.59 Å². The second-order valence-electron chi connectivity index (χ2n) is 7.34. The van der Waals surface area contributed by atoms with E-state index in [-0.39, 0.29) is 17.9 Å². The van der Waals surface area contributed by atoms with Crippen LogP contribution in [0, 0.1) is 5.41 Å². The Kier molecular flexibility index (Phi) is 6.19. The summed E-state index contributed by atoms with van der Waals surface area (Å²) in [5.41, 5.74) is 0.677. The number of rotatable bonds is 6. The summed E-state index contributed by atoms with van der Waals surface area (Å²) in [6.07, 6.45) is 0. The molecule has 0 bridgehead atoms. The predicted octanol–water partition coefficient (Wildman–Crippen LogP) is 4.11. The summed E-state index contributed by atoms with van der Waals surface area (Å²) in [4.78, 5) is 29.7. The van der Waals surface area contributed by atoms with Crippen molar-refractivity contribution in [2.75, 3.05) is 11.9 Å². The van der Waals surface area contributed by atoms with E-state index in [9.17, 15) is 9.59 Å². The van der Waals surface area contributed by atoms with Gasteiger partial charge < -0.3 is 9.80 Å². The molecule has 0 radical (unpaired) electrons. The van der Waals surface area contributed by atoms with Crippen LogP contribution in [-0.2, 0) is 16.1 Å². The fraction of sp³-hybridized carbons (Fsp3) is 0.364. The molecule has 2 aromatic carbocycles. The molecule has 0 aromatic heterocycles. The number of nitrogens with zero attached hydrogens (tertiary/aromatic N) is 2. The molecule has 138 valence electrons. The third-order valence-electron chi connectivity index (χ3n) is 4.60. The zero-order chi connectivity index (χ0) is 19.3. The van der Waals surface area contributed by atoms with Crippen molar-refractivity contribution in [2.45, 2.75) is 40.3 Å². The van der Waals surface area contributed by atoms with Crippen LogP contribution in [0.1, 0.15) is 33.3 Å². The van der Waals surface area contributed by atoms with Crippen molar-refractivity contribution in [2.24, 2.45) is 5.41 Å². The summed E-state index contributed by atoms with van der Waals surface area (Å²) in [5.74, 6) is -0.378. The molecule has 4 nitrogen and oxygen atoms in total. The zero-order valence-electron chi connectivity index (χ0n) is 16.3. The fourth-order valence-corrected chi connectivity index (χ4v) is 2.91. The van der Waals surface area contributed by atoms with E-state index in [1.807, 2.05) is 74.5 Å². The maximum Gasteiger partial charge on any atom is 0.241 e. The van der Waals surface area contributed by atoms with Gasteiger partial charge in [0.25, 0.3) is 0 Å². The summed E-state index contributed by atoms with van der Waals surface area (Å²) in [5, 5.41) is 0. The number of anilines is 1. The van der Waals surface area contributed by atoms with Crippen LogP contribution in [0.5, 0.6) is 0 Å². The van der Waals surface area contributed by atoms with Crippen molar-refractivity contribution < 1.29 is 9.59 Å². The van der Waals surface area contributed by atoms with Crippen LogP contribution in [0.25, 0.3) is 0 Å². The summed E-state index contributed by atoms with van der Waals surface area (Å²) >= 11 is 0. The van der Waals surface area contributed by atoms with E-state index >= 15 is 0 Å². The highest BCUT2D eigenvalue weighted by Gasteiger charge is 2.41. The molecule has 0 fully saturated rings. The maximum atomic E-state index is 13.3. The van der Waals surface area contributed by atoms with Gasteiger partial charge in [-0.25, -0.2) is 0 Å². The molecule has 0 spiro atoms. The van der Waals surface area contributed by atoms with Gasteiger partial charge in [0.2, 0.25) is 11.8 Å². The molecule has 2 amide bonds. The standard InChI is InChI=1S/C22H28N2O2/c1-17(2)24(16-18-12-8-6-9-13-18)21(26)22(3,4)20(25)23(5)19-14-10-7-11-15-19/h6-15,17H,16H2,1-5H3. The van der Waals surface area contributed by atoms with Crippen molar-refractivity contribution in [1.29, 1.82) is 0 Å². The first-order valence-electron chi connectivity index (χ1n) is 8.93. The highest BCUT2D eigenvalue weighted by Crippen LogP contribution is 2.27. The van der Waals surface area contributed by atoms with Gasteiger partial charge in [0, 0.05) is 25.3 Å². The van der Waals surface area contributed by atoms with Gasteiger partial charge in [-0.2, -0.15) is 0 Å². The largest absolute Gasteiger partial charge is 0.335 e. The minimum absolute atomic E-state index is 0.00295. The first-order chi connectivity index (χ1) is 12.2. The number of amides is 2. The Morgan fingerprint density at radius 3 is 1.88 bits per heavy atom. The second-order valence-corrected chi connectivity index (χ2v) is 7.34. The van der Waals surface area contributed by atoms with Gasteiger partial charge in [-0.15, -0.1) is 0 Å². The molecule has 0 saturated heterocycles. The number of hydrogen-bond acceptors (Lipinski definition) is 2. The topological polar surface area (TPSA) is 40.6 Å². The minimum Gasteiger partial charge on any atom is -0.335 e. The van der Waals surface area contributed by atoms with Crippen molar-refractivity contribution in [3.05, 3.63) is 66.2 Å². The van der Waals surface area contributed by atoms with E-state index in [1.165, 1.54) is 0 Å². The Bertz CT molecular complexity index is 739. The molecular formula is C22H28N2O2. The first kappa shape index (κ1) is 19.7. The lowest BCUT2D eigenvalue weighted by Gasteiger charge is -2.36. The molecule has 0 atom stereocenters. The van der Waals surface area contributed by atoms with Gasteiger partial charge >= 0.3 is 0 Å². The highest BCUT2D eigenvalue weighted by molar-refractivity contribution is 6.10. The normalized spacial score (nSPS) is 11.3. The van der Waals surface area contributed by atoms with E-state index in [0.29, 0.717) is 6.54 Å². The summed E-state index contributed by atoms with van der Waals surface area (Å²) < 4.78 is 0. The number of carbonyl (C=O) groups excluding carboxylic acids is 2. The molecule has 0 aliphatic carbocycles. The van der Waals surface area contributed by atoms with Crippen LogP contribution in [0.15, 0.2) is 60.7 Å². The van der Waals surface area contributed by atoms with Crippen molar-refractivity contribution in [3.63, 3.8) is 0 Å². The van der Waals surface area contributed by atoms with Crippen LogP contribution in [0.3, 0.4) is 0 Å². The summed E-state index contributed by atoms with van der Waals surface area (Å²) in [6, 6.07) is 19.2. The van der Waals surface area contributed by atoms with Gasteiger partial charge in [-0.1, -0.05) is 48.5 Å². The van der Waals surface area contributed by atoms with Gasteiger partial charge in [-0.05, 0) is 45.4 Å². The lowest BCUT2D eigenvalue weighted by atomic mass is 9.88. The highest BCUT2D eigenvalue weighted by atomic mass is 16.2. The molecule has 0 saturated carbocycles. The van der Waals surface area contributed by atoms with Crippen molar-refractivity contribution >= 4 is 17.5 Å². The van der Waals surface area contributed by atoms with E-state index < -0.39 is 5.41 Å². The van der Waals surface area contributed by atoms with Crippen LogP contribution in [-0.4, -0.2) is 29.8 Å². The van der Waals surface area contributed by atoms with Crippen LogP contribution >= 0.6 is 0 Å². The molecule has 0 aliphatic heterocycles. The minimum atomic E-state index is -1.15. The van der Waals surface area contributed by atoms with E-state index in [2.05, 4.69) is 0 Å². The summed E-state index contributed by atoms with van der Waals surface area (Å²) in [7, 11) is 1.71. The molecule has 0 heterocycles. The van der Waals surface area contributed by atoms with E-state index in [4.69, 9.17) is 0 Å². The van der Waals surface area contributed by atoms with Crippen LogP contribution < -0.4 is 4.90 Å². The van der Waals surface area contributed by atoms with Gasteiger partial charge in [0.15, 0.2) is 0 Å². The van der Waals surface area contributed by atoms with Crippen LogP contribution in [0.4, 0.5) is 5.69 Å². The SMILES string of the molecule is CC(C)N(Cc1ccccc1)C(=O)C(C)(C)C(=O)N(C)c1ccccc1. The smallest absolute Gasteiger partial charge is 0.241 e. The molecule has 26 heavy (non-hydrogen) atoms. The third kappa shape index (κ3) is 4.31. The molecule has 0 N–H and O–H groups in total. The molecule has 0 aliphatic rings. The van der Waals surface area contributed by atoms with Crippen molar-refractivity contribution in [1.82, 2.24) is 4.90 Å². The Labute approximate surface area is 156 Å². The molecule has 2 rings (SSSR count).